The van der Waals surface area contributed by atoms with Crippen LogP contribution in [0.15, 0.2) is 16.8 Å². The molecular weight excluding hydrogens is 128 g/mol. The maximum absolute atomic E-state index is 4.98. The summed E-state index contributed by atoms with van der Waals surface area (Å²) >= 11 is 0. The molecule has 0 aromatic carbocycles. The van der Waals surface area contributed by atoms with Gasteiger partial charge in [-0.3, -0.25) is 4.99 Å². The molecule has 0 aliphatic rings. The molecule has 0 saturated heterocycles. The van der Waals surface area contributed by atoms with Crippen molar-refractivity contribution >= 4 is 6.72 Å². The predicted molar refractivity (Wildman–Crippen MR) is 42.7 cm³/mol. The molecule has 0 aromatic heterocycles. The first-order chi connectivity index (χ1) is 4.79. The highest BCUT2D eigenvalue weighted by molar-refractivity contribution is 5.26. The van der Waals surface area contributed by atoms with Gasteiger partial charge >= 0.3 is 0 Å². The van der Waals surface area contributed by atoms with E-state index in [1.54, 1.807) is 6.08 Å². The topological polar surface area (TPSA) is 47.6 Å². The maximum atomic E-state index is 4.98. The van der Waals surface area contributed by atoms with Gasteiger partial charge in [0.1, 0.15) is 11.8 Å². The smallest absolute Gasteiger partial charge is 0.144 e. The molecule has 2 N–H and O–H groups in total. The van der Waals surface area contributed by atoms with E-state index in [1.165, 1.54) is 0 Å². The first-order valence-corrected chi connectivity index (χ1v) is 3.28. The summed E-state index contributed by atoms with van der Waals surface area (Å²) in [6, 6.07) is 0.00926. The zero-order valence-electron chi connectivity index (χ0n) is 6.50. The Morgan fingerprint density at radius 1 is 1.90 bits per heavy atom. The maximum Gasteiger partial charge on any atom is 0.144 e. The van der Waals surface area contributed by atoms with Crippen molar-refractivity contribution in [2.75, 3.05) is 0 Å². The van der Waals surface area contributed by atoms with E-state index in [1.807, 2.05) is 13.8 Å². The molecule has 0 radical (unpaired) electrons. The molecule has 0 heterocycles. The molecule has 3 nitrogen and oxygen atoms in total. The van der Waals surface area contributed by atoms with Gasteiger partial charge in [0.15, 0.2) is 0 Å². The fraction of sp³-hybridized carbons (Fsp3) is 0.571. The second-order valence-corrected chi connectivity index (χ2v) is 1.92. The third-order valence-electron chi connectivity index (χ3n) is 1.36. The van der Waals surface area contributed by atoms with Crippen molar-refractivity contribution in [2.45, 2.75) is 26.3 Å². The fourth-order valence-electron chi connectivity index (χ4n) is 0.759. The summed E-state index contributed by atoms with van der Waals surface area (Å²) < 4.78 is 0. The largest absolute Gasteiger partial charge is 0.414 e. The minimum atomic E-state index is 0.00926. The Labute approximate surface area is 61.5 Å². The van der Waals surface area contributed by atoms with Crippen molar-refractivity contribution in [2.24, 2.45) is 10.9 Å². The average molecular weight is 142 g/mol. The molecule has 0 aliphatic carbocycles. The summed E-state index contributed by atoms with van der Waals surface area (Å²) in [6.45, 7) is 7.28. The Morgan fingerprint density at radius 3 is 2.60 bits per heavy atom. The SMILES string of the molecule is C=NC(CC)/C(=C\C)ON. The van der Waals surface area contributed by atoms with Crippen molar-refractivity contribution < 1.29 is 4.84 Å². The van der Waals surface area contributed by atoms with Crippen molar-refractivity contribution in [3.63, 3.8) is 0 Å². The number of aliphatic imine (C=N–C) groups is 1. The lowest BCUT2D eigenvalue weighted by Crippen LogP contribution is -2.12. The van der Waals surface area contributed by atoms with Crippen LogP contribution in [0.3, 0.4) is 0 Å². The molecule has 0 spiro atoms. The molecular formula is C7H14N2O. The van der Waals surface area contributed by atoms with Crippen LogP contribution in [0, 0.1) is 0 Å². The minimum Gasteiger partial charge on any atom is -0.414 e. The summed E-state index contributed by atoms with van der Waals surface area (Å²) in [5, 5.41) is 0. The van der Waals surface area contributed by atoms with E-state index in [4.69, 9.17) is 5.90 Å². The van der Waals surface area contributed by atoms with Crippen molar-refractivity contribution in [3.05, 3.63) is 11.8 Å². The average Bonchev–Trinajstić information content (AvgIpc) is 2.00. The quantitative estimate of drug-likeness (QED) is 0.365. The Hall–Kier alpha value is -0.830. The van der Waals surface area contributed by atoms with Gasteiger partial charge in [-0.05, 0) is 26.1 Å². The van der Waals surface area contributed by atoms with Crippen molar-refractivity contribution in [3.8, 4) is 0 Å². The number of hydrogen-bond donors (Lipinski definition) is 1. The second kappa shape index (κ2) is 4.99. The van der Waals surface area contributed by atoms with Crippen molar-refractivity contribution in [1.82, 2.24) is 0 Å². The van der Waals surface area contributed by atoms with Crippen LogP contribution in [0.25, 0.3) is 0 Å². The summed E-state index contributed by atoms with van der Waals surface area (Å²) in [4.78, 5) is 8.40. The molecule has 0 fully saturated rings. The zero-order chi connectivity index (χ0) is 7.98. The van der Waals surface area contributed by atoms with Crippen LogP contribution in [0.4, 0.5) is 0 Å². The van der Waals surface area contributed by atoms with Crippen molar-refractivity contribution in [1.29, 1.82) is 0 Å². The molecule has 0 aliphatic heterocycles. The van der Waals surface area contributed by atoms with Gasteiger partial charge in [0.05, 0.1) is 0 Å². The minimum absolute atomic E-state index is 0.00926. The lowest BCUT2D eigenvalue weighted by atomic mass is 10.2. The van der Waals surface area contributed by atoms with Gasteiger partial charge in [-0.1, -0.05) is 6.92 Å². The van der Waals surface area contributed by atoms with Gasteiger partial charge in [-0.2, -0.15) is 5.90 Å². The normalized spacial score (nSPS) is 14.5. The third-order valence-corrected chi connectivity index (χ3v) is 1.36. The lowest BCUT2D eigenvalue weighted by Gasteiger charge is -2.10. The highest BCUT2D eigenvalue weighted by atomic mass is 16.6. The van der Waals surface area contributed by atoms with Crippen LogP contribution in [-0.4, -0.2) is 12.8 Å². The molecule has 0 amide bonds. The van der Waals surface area contributed by atoms with E-state index in [9.17, 15) is 0 Å². The van der Waals surface area contributed by atoms with Gasteiger partial charge in [0.25, 0.3) is 0 Å². The van der Waals surface area contributed by atoms with Crippen LogP contribution in [0.1, 0.15) is 20.3 Å². The summed E-state index contributed by atoms with van der Waals surface area (Å²) in [5.41, 5.74) is 0. The highest BCUT2D eigenvalue weighted by Gasteiger charge is 2.08. The first kappa shape index (κ1) is 9.17. The zero-order valence-corrected chi connectivity index (χ0v) is 6.50. The number of nitrogens with two attached hydrogens (primary N) is 1. The number of rotatable bonds is 4. The fourth-order valence-corrected chi connectivity index (χ4v) is 0.759. The van der Waals surface area contributed by atoms with Gasteiger partial charge in [0.2, 0.25) is 0 Å². The van der Waals surface area contributed by atoms with E-state index in [0.29, 0.717) is 5.76 Å². The van der Waals surface area contributed by atoms with Crippen LogP contribution >= 0.6 is 0 Å². The Balaban J connectivity index is 4.10. The molecule has 10 heavy (non-hydrogen) atoms. The van der Waals surface area contributed by atoms with Crippen LogP contribution < -0.4 is 5.90 Å². The lowest BCUT2D eigenvalue weighted by molar-refractivity contribution is 0.199. The molecule has 58 valence electrons. The number of nitrogens with zero attached hydrogens (tertiary/aromatic N) is 1. The van der Waals surface area contributed by atoms with E-state index in [-0.39, 0.29) is 6.04 Å². The molecule has 1 unspecified atom stereocenters. The number of hydrogen-bond acceptors (Lipinski definition) is 3. The Bertz CT molecular complexity index is 132. The number of allylic oxidation sites excluding steroid dienone is 1. The molecule has 3 heteroatoms. The Kier molecular flexibility index (Phi) is 4.58. The van der Waals surface area contributed by atoms with Gasteiger partial charge in [0, 0.05) is 0 Å². The van der Waals surface area contributed by atoms with Gasteiger partial charge < -0.3 is 4.84 Å². The van der Waals surface area contributed by atoms with E-state index >= 15 is 0 Å². The molecule has 0 bridgehead atoms. The van der Waals surface area contributed by atoms with Gasteiger partial charge in [-0.25, -0.2) is 0 Å². The first-order valence-electron chi connectivity index (χ1n) is 3.28. The Morgan fingerprint density at radius 2 is 2.50 bits per heavy atom. The van der Waals surface area contributed by atoms with E-state index < -0.39 is 0 Å². The summed E-state index contributed by atoms with van der Waals surface area (Å²) in [7, 11) is 0. The molecule has 0 saturated carbocycles. The summed E-state index contributed by atoms with van der Waals surface area (Å²) in [5.74, 6) is 5.66. The third kappa shape index (κ3) is 2.19. The predicted octanol–water partition coefficient (Wildman–Crippen LogP) is 1.26. The summed E-state index contributed by atoms with van der Waals surface area (Å²) in [6.07, 6.45) is 2.66. The van der Waals surface area contributed by atoms with Gasteiger partial charge in [-0.15, -0.1) is 0 Å². The van der Waals surface area contributed by atoms with E-state index in [2.05, 4.69) is 16.5 Å². The standard InChI is InChI=1S/C7H14N2O/c1-4-6(9-3)7(5-2)10-8/h5-6H,3-4,8H2,1-2H3/b7-5+. The van der Waals surface area contributed by atoms with Crippen LogP contribution in [-0.2, 0) is 4.84 Å². The molecule has 0 aromatic rings. The van der Waals surface area contributed by atoms with Crippen LogP contribution in [0.2, 0.25) is 0 Å². The molecule has 0 rings (SSSR count). The highest BCUT2D eigenvalue weighted by Crippen LogP contribution is 2.08. The van der Waals surface area contributed by atoms with Crippen LogP contribution in [0.5, 0.6) is 0 Å². The monoisotopic (exact) mass is 142 g/mol. The molecule has 1 atom stereocenters. The second-order valence-electron chi connectivity index (χ2n) is 1.92. The van der Waals surface area contributed by atoms with E-state index in [0.717, 1.165) is 6.42 Å².